The number of aliphatic imine (C=N–C) groups is 1. The minimum absolute atomic E-state index is 0.376. The molecule has 1 fully saturated rings. The summed E-state index contributed by atoms with van der Waals surface area (Å²) in [7, 11) is -1.64. The second kappa shape index (κ2) is 9.92. The molecular weight excluding hydrogens is 348 g/mol. The highest BCUT2D eigenvalue weighted by molar-refractivity contribution is 7.89. The number of nitrogens with one attached hydrogen (secondary N) is 2. The Kier molecular flexibility index (Phi) is 7.90. The highest BCUT2D eigenvalue weighted by atomic mass is 32.2. The van der Waals surface area contributed by atoms with Gasteiger partial charge in [0.2, 0.25) is 10.0 Å². The number of piperidine rings is 1. The predicted molar refractivity (Wildman–Crippen MR) is 107 cm³/mol. The van der Waals surface area contributed by atoms with Crippen LogP contribution in [0.1, 0.15) is 45.1 Å². The second-order valence-electron chi connectivity index (χ2n) is 6.96. The summed E-state index contributed by atoms with van der Waals surface area (Å²) in [5.74, 6) is 1.19. The maximum Gasteiger partial charge on any atom is 0.243 e. The van der Waals surface area contributed by atoms with E-state index < -0.39 is 10.0 Å². The number of sulfonamides is 1. The van der Waals surface area contributed by atoms with Gasteiger partial charge < -0.3 is 10.6 Å². The Balaban J connectivity index is 1.95. The average molecular weight is 381 g/mol. The molecule has 1 aliphatic rings. The number of nitrogens with zero attached hydrogens (tertiary/aromatic N) is 2. The van der Waals surface area contributed by atoms with E-state index >= 15 is 0 Å². The summed E-state index contributed by atoms with van der Waals surface area (Å²) >= 11 is 0. The summed E-state index contributed by atoms with van der Waals surface area (Å²) < 4.78 is 27.2. The number of benzene rings is 1. The molecule has 1 unspecified atom stereocenters. The van der Waals surface area contributed by atoms with Crippen molar-refractivity contribution in [1.29, 1.82) is 0 Å². The Labute approximate surface area is 158 Å². The highest BCUT2D eigenvalue weighted by Gasteiger charge is 2.28. The molecule has 26 heavy (non-hydrogen) atoms. The lowest BCUT2D eigenvalue weighted by molar-refractivity contribution is 0.281. The van der Waals surface area contributed by atoms with Crippen molar-refractivity contribution in [3.8, 4) is 0 Å². The molecule has 0 spiro atoms. The van der Waals surface area contributed by atoms with Gasteiger partial charge >= 0.3 is 0 Å². The van der Waals surface area contributed by atoms with Gasteiger partial charge in [0.05, 0.1) is 4.90 Å². The molecular formula is C19H32N4O2S. The lowest BCUT2D eigenvalue weighted by atomic mass is 10.0. The van der Waals surface area contributed by atoms with Crippen LogP contribution in [0.5, 0.6) is 0 Å². The van der Waals surface area contributed by atoms with E-state index in [0.717, 1.165) is 43.8 Å². The molecule has 1 aliphatic heterocycles. The van der Waals surface area contributed by atoms with Crippen LogP contribution in [-0.2, 0) is 16.6 Å². The fraction of sp³-hybridized carbons (Fsp3) is 0.632. The Morgan fingerprint density at radius 2 is 2.00 bits per heavy atom. The first-order chi connectivity index (χ1) is 12.5. The summed E-state index contributed by atoms with van der Waals surface area (Å²) in [5.41, 5.74) is 1.02. The molecule has 1 aromatic carbocycles. The first-order valence-corrected chi connectivity index (χ1v) is 10.9. The van der Waals surface area contributed by atoms with Crippen LogP contribution in [0.2, 0.25) is 0 Å². The molecule has 1 atom stereocenters. The third kappa shape index (κ3) is 5.71. The molecule has 6 nitrogen and oxygen atoms in total. The van der Waals surface area contributed by atoms with Crippen LogP contribution < -0.4 is 10.6 Å². The van der Waals surface area contributed by atoms with E-state index in [4.69, 9.17) is 0 Å². The minimum atomic E-state index is -3.39. The number of hydrogen-bond acceptors (Lipinski definition) is 3. The lowest BCUT2D eigenvalue weighted by Gasteiger charge is -2.30. The van der Waals surface area contributed by atoms with Crippen molar-refractivity contribution in [2.75, 3.05) is 26.7 Å². The number of guanidine groups is 1. The SMILES string of the molecule is CCCCNC(=NC)NCc1ccc(S(=O)(=O)N2CCCC(C)C2)cc1. The summed E-state index contributed by atoms with van der Waals surface area (Å²) in [6, 6.07) is 7.15. The summed E-state index contributed by atoms with van der Waals surface area (Å²) in [6.07, 6.45) is 4.27. The van der Waals surface area contributed by atoms with Crippen LogP contribution in [0, 0.1) is 5.92 Å². The van der Waals surface area contributed by atoms with Gasteiger partial charge in [-0.1, -0.05) is 32.4 Å². The van der Waals surface area contributed by atoms with Crippen molar-refractivity contribution in [3.63, 3.8) is 0 Å². The largest absolute Gasteiger partial charge is 0.356 e. The summed E-state index contributed by atoms with van der Waals surface area (Å²) in [6.45, 7) is 6.99. The summed E-state index contributed by atoms with van der Waals surface area (Å²) in [5, 5.41) is 6.51. The van der Waals surface area contributed by atoms with Crippen molar-refractivity contribution < 1.29 is 8.42 Å². The van der Waals surface area contributed by atoms with Crippen LogP contribution in [0.15, 0.2) is 34.2 Å². The Morgan fingerprint density at radius 1 is 1.27 bits per heavy atom. The first-order valence-electron chi connectivity index (χ1n) is 9.51. The molecule has 1 saturated heterocycles. The van der Waals surface area contributed by atoms with Crippen molar-refractivity contribution >= 4 is 16.0 Å². The van der Waals surface area contributed by atoms with Crippen LogP contribution in [-0.4, -0.2) is 45.4 Å². The van der Waals surface area contributed by atoms with Gasteiger partial charge in [0.25, 0.3) is 0 Å². The third-order valence-corrected chi connectivity index (χ3v) is 6.57. The predicted octanol–water partition coefficient (Wildman–Crippen LogP) is 2.57. The van der Waals surface area contributed by atoms with E-state index in [1.807, 2.05) is 12.1 Å². The van der Waals surface area contributed by atoms with Crippen LogP contribution in [0.3, 0.4) is 0 Å². The van der Waals surface area contributed by atoms with Crippen LogP contribution >= 0.6 is 0 Å². The molecule has 0 aliphatic carbocycles. The molecule has 1 heterocycles. The van der Waals surface area contributed by atoms with E-state index in [-0.39, 0.29) is 0 Å². The van der Waals surface area contributed by atoms with Gasteiger partial charge in [0.15, 0.2) is 5.96 Å². The number of unbranched alkanes of at least 4 members (excludes halogenated alkanes) is 1. The van der Waals surface area contributed by atoms with Crippen molar-refractivity contribution in [3.05, 3.63) is 29.8 Å². The molecule has 0 saturated carbocycles. The quantitative estimate of drug-likeness (QED) is 0.433. The molecule has 0 radical (unpaired) electrons. The van der Waals surface area contributed by atoms with Crippen molar-refractivity contribution in [2.24, 2.45) is 10.9 Å². The normalized spacial score (nSPS) is 19.3. The monoisotopic (exact) mass is 380 g/mol. The zero-order valence-electron chi connectivity index (χ0n) is 16.2. The van der Waals surface area contributed by atoms with Crippen molar-refractivity contribution in [1.82, 2.24) is 14.9 Å². The average Bonchev–Trinajstić information content (AvgIpc) is 2.65. The molecule has 146 valence electrons. The second-order valence-corrected chi connectivity index (χ2v) is 8.90. The van der Waals surface area contributed by atoms with Gasteiger partial charge in [-0.3, -0.25) is 4.99 Å². The van der Waals surface area contributed by atoms with Crippen LogP contribution in [0.25, 0.3) is 0 Å². The van der Waals surface area contributed by atoms with Gasteiger partial charge in [-0.15, -0.1) is 0 Å². The molecule has 7 heteroatoms. The molecule has 2 N–H and O–H groups in total. The topological polar surface area (TPSA) is 73.8 Å². The number of rotatable bonds is 7. The highest BCUT2D eigenvalue weighted by Crippen LogP contribution is 2.23. The zero-order valence-corrected chi connectivity index (χ0v) is 17.0. The molecule has 0 aromatic heterocycles. The Morgan fingerprint density at radius 3 is 2.62 bits per heavy atom. The molecule has 0 bridgehead atoms. The minimum Gasteiger partial charge on any atom is -0.356 e. The maximum absolute atomic E-state index is 12.8. The van der Waals surface area contributed by atoms with Crippen LogP contribution in [0.4, 0.5) is 0 Å². The Hall–Kier alpha value is -1.60. The lowest BCUT2D eigenvalue weighted by Crippen LogP contribution is -2.39. The van der Waals surface area contributed by atoms with Gasteiger partial charge in [-0.25, -0.2) is 8.42 Å². The zero-order chi connectivity index (χ0) is 19.0. The fourth-order valence-electron chi connectivity index (χ4n) is 3.08. The maximum atomic E-state index is 12.8. The molecule has 0 amide bonds. The fourth-order valence-corrected chi connectivity index (χ4v) is 4.68. The van der Waals surface area contributed by atoms with Gasteiger partial charge in [-0.05, 0) is 42.9 Å². The van der Waals surface area contributed by atoms with Crippen molar-refractivity contribution in [2.45, 2.75) is 51.0 Å². The van der Waals surface area contributed by atoms with Gasteiger partial charge in [-0.2, -0.15) is 4.31 Å². The first kappa shape index (κ1) is 20.7. The van der Waals surface area contributed by atoms with E-state index in [0.29, 0.717) is 30.4 Å². The van der Waals surface area contributed by atoms with E-state index in [9.17, 15) is 8.42 Å². The van der Waals surface area contributed by atoms with E-state index in [1.165, 1.54) is 0 Å². The molecule has 1 aromatic rings. The Bertz CT molecular complexity index is 686. The standard InChI is InChI=1S/C19H32N4O2S/c1-4-5-12-21-19(20-3)22-14-17-8-10-18(11-9-17)26(24,25)23-13-6-7-16(2)15-23/h8-11,16H,4-7,12-15H2,1-3H3,(H2,20,21,22). The van der Waals surface area contributed by atoms with E-state index in [1.54, 1.807) is 23.5 Å². The smallest absolute Gasteiger partial charge is 0.243 e. The van der Waals surface area contributed by atoms with E-state index in [2.05, 4.69) is 29.5 Å². The summed E-state index contributed by atoms with van der Waals surface area (Å²) in [4.78, 5) is 4.57. The number of hydrogen-bond donors (Lipinski definition) is 2. The van der Waals surface area contributed by atoms with Gasteiger partial charge in [0, 0.05) is 33.2 Å². The van der Waals surface area contributed by atoms with Gasteiger partial charge in [0.1, 0.15) is 0 Å². The third-order valence-electron chi connectivity index (χ3n) is 4.69. The molecule has 2 rings (SSSR count).